The van der Waals surface area contributed by atoms with Crippen molar-refractivity contribution in [3.05, 3.63) is 50.4 Å². The SMILES string of the molecule is CCC(O)OCCN1CCC(=C(c2cccs2)c2cccs2)CC1. The van der Waals surface area contributed by atoms with E-state index in [1.165, 1.54) is 15.3 Å². The van der Waals surface area contributed by atoms with Gasteiger partial charge in [0.15, 0.2) is 6.29 Å². The normalized spacial score (nSPS) is 17.2. The first kappa shape index (κ1) is 17.8. The molecule has 3 nitrogen and oxygen atoms in total. The van der Waals surface area contributed by atoms with E-state index in [-0.39, 0.29) is 0 Å². The molecule has 0 radical (unpaired) electrons. The van der Waals surface area contributed by atoms with E-state index in [1.807, 2.05) is 29.6 Å². The zero-order chi connectivity index (χ0) is 16.8. The Balaban J connectivity index is 1.64. The maximum Gasteiger partial charge on any atom is 0.154 e. The van der Waals surface area contributed by atoms with Gasteiger partial charge < -0.3 is 14.7 Å². The second kappa shape index (κ2) is 8.92. The average Bonchev–Trinajstić information content (AvgIpc) is 3.31. The van der Waals surface area contributed by atoms with E-state index in [1.54, 1.807) is 5.57 Å². The average molecular weight is 364 g/mol. The first-order valence-electron chi connectivity index (χ1n) is 8.59. The molecule has 1 unspecified atom stereocenters. The van der Waals surface area contributed by atoms with Gasteiger partial charge in [-0.05, 0) is 42.2 Å². The maximum atomic E-state index is 9.47. The Morgan fingerprint density at radius 1 is 1.17 bits per heavy atom. The fourth-order valence-corrected chi connectivity index (χ4v) is 4.77. The summed E-state index contributed by atoms with van der Waals surface area (Å²) in [5.74, 6) is 0. The molecule has 1 N–H and O–H groups in total. The molecule has 130 valence electrons. The van der Waals surface area contributed by atoms with Crippen molar-refractivity contribution in [2.24, 2.45) is 0 Å². The number of piperidine rings is 1. The van der Waals surface area contributed by atoms with Gasteiger partial charge in [0.05, 0.1) is 6.61 Å². The zero-order valence-electron chi connectivity index (χ0n) is 14.1. The van der Waals surface area contributed by atoms with Crippen LogP contribution in [0.1, 0.15) is 35.9 Å². The topological polar surface area (TPSA) is 32.7 Å². The Morgan fingerprint density at radius 2 is 1.79 bits per heavy atom. The van der Waals surface area contributed by atoms with Crippen molar-refractivity contribution < 1.29 is 9.84 Å². The predicted molar refractivity (Wildman–Crippen MR) is 103 cm³/mol. The highest BCUT2D eigenvalue weighted by Crippen LogP contribution is 2.36. The lowest BCUT2D eigenvalue weighted by Gasteiger charge is -2.29. The van der Waals surface area contributed by atoms with E-state index < -0.39 is 6.29 Å². The largest absolute Gasteiger partial charge is 0.368 e. The van der Waals surface area contributed by atoms with Crippen LogP contribution in [-0.2, 0) is 4.74 Å². The van der Waals surface area contributed by atoms with Crippen LogP contribution in [0.25, 0.3) is 5.57 Å². The zero-order valence-corrected chi connectivity index (χ0v) is 15.7. The monoisotopic (exact) mass is 363 g/mol. The number of rotatable bonds is 7. The predicted octanol–water partition coefficient (Wildman–Crippen LogP) is 4.45. The van der Waals surface area contributed by atoms with Crippen molar-refractivity contribution in [1.29, 1.82) is 0 Å². The highest BCUT2D eigenvalue weighted by molar-refractivity contribution is 7.13. The summed E-state index contributed by atoms with van der Waals surface area (Å²) in [5, 5.41) is 13.8. The lowest BCUT2D eigenvalue weighted by molar-refractivity contribution is -0.104. The van der Waals surface area contributed by atoms with E-state index in [4.69, 9.17) is 4.74 Å². The molecule has 1 aliphatic rings. The highest BCUT2D eigenvalue weighted by Gasteiger charge is 2.20. The van der Waals surface area contributed by atoms with Crippen molar-refractivity contribution in [2.75, 3.05) is 26.2 Å². The van der Waals surface area contributed by atoms with Gasteiger partial charge in [-0.2, -0.15) is 0 Å². The number of ether oxygens (including phenoxy) is 1. The molecule has 1 fully saturated rings. The fourth-order valence-electron chi connectivity index (χ4n) is 3.04. The summed E-state index contributed by atoms with van der Waals surface area (Å²) < 4.78 is 5.39. The minimum absolute atomic E-state index is 0.608. The summed E-state index contributed by atoms with van der Waals surface area (Å²) in [7, 11) is 0. The maximum absolute atomic E-state index is 9.47. The van der Waals surface area contributed by atoms with E-state index in [2.05, 4.69) is 39.9 Å². The highest BCUT2D eigenvalue weighted by atomic mass is 32.1. The molecule has 1 saturated heterocycles. The summed E-state index contributed by atoms with van der Waals surface area (Å²) in [5.41, 5.74) is 3.03. The van der Waals surface area contributed by atoms with Crippen molar-refractivity contribution >= 4 is 28.2 Å². The number of likely N-dealkylation sites (tertiary alicyclic amines) is 1. The van der Waals surface area contributed by atoms with Gasteiger partial charge in [-0.15, -0.1) is 22.7 Å². The second-order valence-corrected chi connectivity index (χ2v) is 7.90. The second-order valence-electron chi connectivity index (χ2n) is 6.01. The molecule has 0 bridgehead atoms. The van der Waals surface area contributed by atoms with Crippen molar-refractivity contribution in [3.63, 3.8) is 0 Å². The van der Waals surface area contributed by atoms with Gasteiger partial charge in [0.1, 0.15) is 0 Å². The van der Waals surface area contributed by atoms with Crippen LogP contribution < -0.4 is 0 Å². The van der Waals surface area contributed by atoms with Gasteiger partial charge in [0.25, 0.3) is 0 Å². The van der Waals surface area contributed by atoms with Crippen molar-refractivity contribution in [2.45, 2.75) is 32.5 Å². The van der Waals surface area contributed by atoms with E-state index >= 15 is 0 Å². The van der Waals surface area contributed by atoms with Crippen LogP contribution >= 0.6 is 22.7 Å². The lowest BCUT2D eigenvalue weighted by atomic mass is 9.96. The smallest absolute Gasteiger partial charge is 0.154 e. The Hall–Kier alpha value is -0.980. The van der Waals surface area contributed by atoms with Gasteiger partial charge in [-0.3, -0.25) is 0 Å². The van der Waals surface area contributed by atoms with E-state index in [9.17, 15) is 5.11 Å². The molecule has 0 aromatic carbocycles. The van der Waals surface area contributed by atoms with E-state index in [0.29, 0.717) is 13.0 Å². The molecule has 3 heterocycles. The first-order chi connectivity index (χ1) is 11.8. The number of hydrogen-bond donors (Lipinski definition) is 1. The molecule has 0 aliphatic carbocycles. The summed E-state index contributed by atoms with van der Waals surface area (Å²) >= 11 is 3.66. The Labute approximate surface area is 152 Å². The third kappa shape index (κ3) is 4.55. The number of nitrogens with zero attached hydrogens (tertiary/aromatic N) is 1. The van der Waals surface area contributed by atoms with Crippen molar-refractivity contribution in [1.82, 2.24) is 4.90 Å². The first-order valence-corrected chi connectivity index (χ1v) is 10.4. The van der Waals surface area contributed by atoms with Gasteiger partial charge in [0, 0.05) is 35.0 Å². The standard InChI is InChI=1S/C19H25NO2S2/c1-2-18(21)22-12-11-20-9-7-15(8-10-20)19(16-5-3-13-23-16)17-6-4-14-24-17/h3-6,13-14,18,21H,2,7-12H2,1H3. The fraction of sp³-hybridized carbons (Fsp3) is 0.474. The van der Waals surface area contributed by atoms with Crippen LogP contribution in [0, 0.1) is 0 Å². The summed E-state index contributed by atoms with van der Waals surface area (Å²) in [6.07, 6.45) is 2.26. The van der Waals surface area contributed by atoms with Crippen LogP contribution in [0.2, 0.25) is 0 Å². The quantitative estimate of drug-likeness (QED) is 0.738. The number of aliphatic hydroxyl groups excluding tert-OH is 1. The van der Waals surface area contributed by atoms with Crippen LogP contribution in [0.4, 0.5) is 0 Å². The molecule has 24 heavy (non-hydrogen) atoms. The molecule has 5 heteroatoms. The summed E-state index contributed by atoms with van der Waals surface area (Å²) in [4.78, 5) is 5.21. The summed E-state index contributed by atoms with van der Waals surface area (Å²) in [6, 6.07) is 8.75. The molecule has 2 aromatic rings. The van der Waals surface area contributed by atoms with Crippen LogP contribution in [0.5, 0.6) is 0 Å². The molecule has 0 saturated carbocycles. The number of thiophene rings is 2. The van der Waals surface area contributed by atoms with Crippen LogP contribution in [-0.4, -0.2) is 42.5 Å². The Bertz CT molecular complexity index is 588. The Morgan fingerprint density at radius 3 is 2.29 bits per heavy atom. The van der Waals surface area contributed by atoms with Crippen LogP contribution in [0.3, 0.4) is 0 Å². The Kier molecular flexibility index (Phi) is 6.63. The van der Waals surface area contributed by atoms with Gasteiger partial charge in [-0.25, -0.2) is 0 Å². The van der Waals surface area contributed by atoms with Gasteiger partial charge >= 0.3 is 0 Å². The number of aliphatic hydroxyl groups is 1. The molecule has 2 aromatic heterocycles. The molecule has 0 amide bonds. The summed E-state index contributed by atoms with van der Waals surface area (Å²) in [6.45, 7) is 5.58. The lowest BCUT2D eigenvalue weighted by Crippen LogP contribution is -2.34. The minimum Gasteiger partial charge on any atom is -0.368 e. The van der Waals surface area contributed by atoms with Crippen LogP contribution in [0.15, 0.2) is 40.6 Å². The third-order valence-electron chi connectivity index (χ3n) is 4.42. The van der Waals surface area contributed by atoms with Gasteiger partial charge in [-0.1, -0.05) is 24.6 Å². The molecule has 1 atom stereocenters. The molecular formula is C19H25NO2S2. The third-order valence-corrected chi connectivity index (χ3v) is 6.19. The molecule has 1 aliphatic heterocycles. The molecule has 0 spiro atoms. The number of hydrogen-bond acceptors (Lipinski definition) is 5. The van der Waals surface area contributed by atoms with E-state index in [0.717, 1.165) is 32.5 Å². The van der Waals surface area contributed by atoms with Gasteiger partial charge in [0.2, 0.25) is 0 Å². The minimum atomic E-state index is -0.616. The van der Waals surface area contributed by atoms with Crippen molar-refractivity contribution in [3.8, 4) is 0 Å². The molecule has 3 rings (SSSR count). The molecular weight excluding hydrogens is 338 g/mol.